The van der Waals surface area contributed by atoms with E-state index < -0.39 is 0 Å². The van der Waals surface area contributed by atoms with Crippen molar-refractivity contribution in [3.63, 3.8) is 0 Å². The van der Waals surface area contributed by atoms with E-state index in [1.165, 1.54) is 23.1 Å². The molecule has 2 heterocycles. The maximum atomic E-state index is 12.3. The Hall–Kier alpha value is -3.29. The predicted molar refractivity (Wildman–Crippen MR) is 100 cm³/mol. The Morgan fingerprint density at radius 3 is 2.59 bits per heavy atom. The lowest BCUT2D eigenvalue weighted by molar-refractivity contribution is 0.0943. The fourth-order valence-corrected chi connectivity index (χ4v) is 2.57. The van der Waals surface area contributed by atoms with Gasteiger partial charge in [-0.2, -0.15) is 10.2 Å². The van der Waals surface area contributed by atoms with Gasteiger partial charge in [-0.1, -0.05) is 37.6 Å². The molecule has 0 unspecified atom stereocenters. The number of hydrogen-bond donors (Lipinski definition) is 1. The molecule has 0 radical (unpaired) electrons. The third-order valence-electron chi connectivity index (χ3n) is 4.11. The highest BCUT2D eigenvalue weighted by atomic mass is 16.2. The van der Waals surface area contributed by atoms with Crippen molar-refractivity contribution in [3.8, 4) is 0 Å². The van der Waals surface area contributed by atoms with Crippen LogP contribution in [0.5, 0.6) is 0 Å². The van der Waals surface area contributed by atoms with Crippen LogP contribution in [-0.4, -0.2) is 30.5 Å². The van der Waals surface area contributed by atoms with Gasteiger partial charge in [-0.3, -0.25) is 9.59 Å². The first-order chi connectivity index (χ1) is 13.2. The standard InChI is InChI=1S/C19H22N6O2/c1-2-3-10-25-18(26)9-8-17(23-25)19(27)21-11-15-4-6-16(7-5-15)12-24-14-20-13-22-24/h4-9,13-14H,2-3,10-12H2,1H3,(H,21,27). The molecule has 3 aromatic rings. The molecule has 0 aliphatic rings. The van der Waals surface area contributed by atoms with Crippen molar-refractivity contribution >= 4 is 5.91 Å². The molecule has 1 N–H and O–H groups in total. The number of hydrogen-bond acceptors (Lipinski definition) is 5. The normalized spacial score (nSPS) is 10.7. The molecule has 0 fully saturated rings. The summed E-state index contributed by atoms with van der Waals surface area (Å²) in [6.45, 7) is 3.59. The highest BCUT2D eigenvalue weighted by Crippen LogP contribution is 2.06. The lowest BCUT2D eigenvalue weighted by Gasteiger charge is -2.08. The van der Waals surface area contributed by atoms with Crippen LogP contribution in [0, 0.1) is 0 Å². The summed E-state index contributed by atoms with van der Waals surface area (Å²) < 4.78 is 3.09. The number of aromatic nitrogens is 5. The number of rotatable bonds is 8. The van der Waals surface area contributed by atoms with Gasteiger partial charge in [0.1, 0.15) is 18.3 Å². The highest BCUT2D eigenvalue weighted by molar-refractivity contribution is 5.91. The van der Waals surface area contributed by atoms with E-state index in [0.29, 0.717) is 19.6 Å². The number of carbonyl (C=O) groups is 1. The number of aryl methyl sites for hydroxylation is 1. The van der Waals surface area contributed by atoms with Crippen LogP contribution in [0.15, 0.2) is 53.8 Å². The number of nitrogens with zero attached hydrogens (tertiary/aromatic N) is 5. The summed E-state index contributed by atoms with van der Waals surface area (Å²) in [5.74, 6) is -0.299. The number of carbonyl (C=O) groups excluding carboxylic acids is 1. The monoisotopic (exact) mass is 366 g/mol. The second kappa shape index (κ2) is 8.88. The first-order valence-electron chi connectivity index (χ1n) is 8.92. The molecule has 0 aliphatic carbocycles. The molecule has 0 bridgehead atoms. The summed E-state index contributed by atoms with van der Waals surface area (Å²) in [5.41, 5.74) is 2.13. The molecule has 140 valence electrons. The minimum absolute atomic E-state index is 0.192. The Kier molecular flexibility index (Phi) is 6.09. The van der Waals surface area contributed by atoms with Gasteiger partial charge in [0.15, 0.2) is 0 Å². The summed E-state index contributed by atoms with van der Waals surface area (Å²) in [7, 11) is 0. The van der Waals surface area contributed by atoms with Gasteiger partial charge in [0.25, 0.3) is 11.5 Å². The van der Waals surface area contributed by atoms with Crippen molar-refractivity contribution in [1.29, 1.82) is 0 Å². The molecule has 27 heavy (non-hydrogen) atoms. The molecule has 1 amide bonds. The SMILES string of the molecule is CCCCn1nc(C(=O)NCc2ccc(Cn3cncn3)cc2)ccc1=O. The zero-order chi connectivity index (χ0) is 19.1. The van der Waals surface area contributed by atoms with Crippen LogP contribution in [0.25, 0.3) is 0 Å². The maximum absolute atomic E-state index is 12.3. The van der Waals surface area contributed by atoms with Gasteiger partial charge in [-0.25, -0.2) is 14.3 Å². The molecule has 0 aliphatic heterocycles. The van der Waals surface area contributed by atoms with Crippen LogP contribution in [0.3, 0.4) is 0 Å². The molecular weight excluding hydrogens is 344 g/mol. The Morgan fingerprint density at radius 2 is 1.89 bits per heavy atom. The first kappa shape index (κ1) is 18.5. The van der Waals surface area contributed by atoms with E-state index in [0.717, 1.165) is 24.0 Å². The Balaban J connectivity index is 1.58. The lowest BCUT2D eigenvalue weighted by Crippen LogP contribution is -2.29. The average Bonchev–Trinajstić information content (AvgIpc) is 3.19. The van der Waals surface area contributed by atoms with Gasteiger partial charge < -0.3 is 5.32 Å². The molecule has 8 nitrogen and oxygen atoms in total. The summed E-state index contributed by atoms with van der Waals surface area (Å²) in [6.07, 6.45) is 4.97. The first-order valence-corrected chi connectivity index (χ1v) is 8.92. The lowest BCUT2D eigenvalue weighted by atomic mass is 10.1. The van der Waals surface area contributed by atoms with Crippen LogP contribution in [0.2, 0.25) is 0 Å². The van der Waals surface area contributed by atoms with Gasteiger partial charge in [0, 0.05) is 19.2 Å². The molecule has 0 saturated heterocycles. The third-order valence-corrected chi connectivity index (χ3v) is 4.11. The molecule has 0 atom stereocenters. The Morgan fingerprint density at radius 1 is 1.11 bits per heavy atom. The highest BCUT2D eigenvalue weighted by Gasteiger charge is 2.09. The van der Waals surface area contributed by atoms with E-state index >= 15 is 0 Å². The zero-order valence-corrected chi connectivity index (χ0v) is 15.2. The maximum Gasteiger partial charge on any atom is 0.271 e. The number of nitrogens with one attached hydrogen (secondary N) is 1. The van der Waals surface area contributed by atoms with Crippen LogP contribution < -0.4 is 10.9 Å². The predicted octanol–water partition coefficient (Wildman–Crippen LogP) is 1.61. The fraction of sp³-hybridized carbons (Fsp3) is 0.316. The van der Waals surface area contributed by atoms with E-state index in [-0.39, 0.29) is 17.2 Å². The smallest absolute Gasteiger partial charge is 0.271 e. The Labute approximate surface area is 156 Å². The van der Waals surface area contributed by atoms with Gasteiger partial charge in [-0.15, -0.1) is 0 Å². The van der Waals surface area contributed by atoms with Crippen molar-refractivity contribution < 1.29 is 4.79 Å². The minimum Gasteiger partial charge on any atom is -0.347 e. The van der Waals surface area contributed by atoms with Gasteiger partial charge in [0.05, 0.1) is 6.54 Å². The topological polar surface area (TPSA) is 94.7 Å². The van der Waals surface area contributed by atoms with Crippen molar-refractivity contribution in [1.82, 2.24) is 29.9 Å². The number of amides is 1. The third kappa shape index (κ3) is 5.10. The second-order valence-corrected chi connectivity index (χ2v) is 6.23. The summed E-state index contributed by atoms with van der Waals surface area (Å²) >= 11 is 0. The van der Waals surface area contributed by atoms with Crippen LogP contribution >= 0.6 is 0 Å². The van der Waals surface area contributed by atoms with E-state index in [1.807, 2.05) is 31.2 Å². The van der Waals surface area contributed by atoms with Crippen LogP contribution in [0.4, 0.5) is 0 Å². The van der Waals surface area contributed by atoms with Gasteiger partial charge in [0.2, 0.25) is 0 Å². The van der Waals surface area contributed by atoms with Crippen LogP contribution in [-0.2, 0) is 19.6 Å². The molecule has 2 aromatic heterocycles. The molecular formula is C19H22N6O2. The van der Waals surface area contributed by atoms with E-state index in [1.54, 1.807) is 11.0 Å². The average molecular weight is 366 g/mol. The van der Waals surface area contributed by atoms with Crippen molar-refractivity contribution in [2.45, 2.75) is 39.4 Å². The van der Waals surface area contributed by atoms with Gasteiger partial charge >= 0.3 is 0 Å². The summed E-state index contributed by atoms with van der Waals surface area (Å²) in [4.78, 5) is 28.0. The molecule has 1 aromatic carbocycles. The van der Waals surface area contributed by atoms with Crippen molar-refractivity contribution in [2.24, 2.45) is 0 Å². The molecule has 0 spiro atoms. The molecule has 3 rings (SSSR count). The van der Waals surface area contributed by atoms with E-state index in [2.05, 4.69) is 20.5 Å². The van der Waals surface area contributed by atoms with E-state index in [4.69, 9.17) is 0 Å². The summed E-state index contributed by atoms with van der Waals surface area (Å²) in [6, 6.07) is 10.8. The van der Waals surface area contributed by atoms with Gasteiger partial charge in [-0.05, 0) is 23.6 Å². The van der Waals surface area contributed by atoms with Crippen molar-refractivity contribution in [2.75, 3.05) is 0 Å². The van der Waals surface area contributed by atoms with Crippen molar-refractivity contribution in [3.05, 3.63) is 76.2 Å². The quantitative estimate of drug-likeness (QED) is 0.654. The molecule has 8 heteroatoms. The van der Waals surface area contributed by atoms with Crippen LogP contribution in [0.1, 0.15) is 41.4 Å². The zero-order valence-electron chi connectivity index (χ0n) is 15.2. The largest absolute Gasteiger partial charge is 0.347 e. The number of benzene rings is 1. The minimum atomic E-state index is -0.299. The number of unbranched alkanes of at least 4 members (excludes halogenated alkanes) is 1. The Bertz CT molecular complexity index is 932. The van der Waals surface area contributed by atoms with E-state index in [9.17, 15) is 9.59 Å². The second-order valence-electron chi connectivity index (χ2n) is 6.23. The molecule has 0 saturated carbocycles. The fourth-order valence-electron chi connectivity index (χ4n) is 2.57. The summed E-state index contributed by atoms with van der Waals surface area (Å²) in [5, 5.41) is 11.1.